The lowest BCUT2D eigenvalue weighted by Crippen LogP contribution is -2.34. The van der Waals surface area contributed by atoms with E-state index in [9.17, 15) is 21.6 Å². The predicted octanol–water partition coefficient (Wildman–Crippen LogP) is 0.964. The number of alkyl halides is 3. The van der Waals surface area contributed by atoms with Crippen LogP contribution in [0, 0.1) is 0 Å². The van der Waals surface area contributed by atoms with Crippen molar-refractivity contribution in [1.29, 1.82) is 0 Å². The Labute approximate surface area is 96.1 Å². The van der Waals surface area contributed by atoms with Crippen LogP contribution in [0.5, 0.6) is 0 Å². The molecule has 0 amide bonds. The number of sulfonamides is 1. The molecule has 0 atom stereocenters. The molecular weight excluding hydrogens is 259 g/mol. The highest BCUT2D eigenvalue weighted by Gasteiger charge is 2.30. The van der Waals surface area contributed by atoms with Crippen LogP contribution in [0.15, 0.2) is 23.2 Å². The Bertz CT molecular complexity index is 487. The van der Waals surface area contributed by atoms with Crippen molar-refractivity contribution < 1.29 is 21.6 Å². The van der Waals surface area contributed by atoms with Crippen molar-refractivity contribution in [1.82, 2.24) is 9.71 Å². The molecule has 0 aliphatic carbocycles. The fraction of sp³-hybridized carbons (Fsp3) is 0.375. The molecule has 1 heterocycles. The van der Waals surface area contributed by atoms with E-state index in [1.165, 1.54) is 24.0 Å². The van der Waals surface area contributed by atoms with Gasteiger partial charge in [-0.1, -0.05) is 0 Å². The summed E-state index contributed by atoms with van der Waals surface area (Å²) in [5, 5.41) is 2.49. The Balaban J connectivity index is 2.98. The topological polar surface area (TPSA) is 71.1 Å². The van der Waals surface area contributed by atoms with E-state index in [4.69, 9.17) is 0 Å². The summed E-state index contributed by atoms with van der Waals surface area (Å²) in [6, 6.07) is 2.49. The molecule has 0 aliphatic rings. The van der Waals surface area contributed by atoms with Crippen LogP contribution in [-0.4, -0.2) is 33.2 Å². The van der Waals surface area contributed by atoms with Gasteiger partial charge in [-0.3, -0.25) is 0 Å². The summed E-state index contributed by atoms with van der Waals surface area (Å²) in [7, 11) is -2.81. The monoisotopic (exact) mass is 269 g/mol. The first-order valence-corrected chi connectivity index (χ1v) is 5.94. The summed E-state index contributed by atoms with van der Waals surface area (Å²) in [4.78, 5) is 3.37. The van der Waals surface area contributed by atoms with Crippen molar-refractivity contribution in [3.05, 3.63) is 18.3 Å². The molecule has 0 bridgehead atoms. The van der Waals surface area contributed by atoms with E-state index in [-0.39, 0.29) is 10.7 Å². The molecule has 0 unspecified atom stereocenters. The Morgan fingerprint density at radius 1 is 1.41 bits per heavy atom. The lowest BCUT2D eigenvalue weighted by atomic mass is 10.5. The van der Waals surface area contributed by atoms with Gasteiger partial charge in [0.2, 0.25) is 10.0 Å². The van der Waals surface area contributed by atoms with E-state index < -0.39 is 22.7 Å². The van der Waals surface area contributed by atoms with Crippen molar-refractivity contribution >= 4 is 15.8 Å². The lowest BCUT2D eigenvalue weighted by Gasteiger charge is -2.11. The van der Waals surface area contributed by atoms with Gasteiger partial charge in [-0.15, -0.1) is 0 Å². The molecule has 96 valence electrons. The fourth-order valence-electron chi connectivity index (χ4n) is 1.05. The molecule has 0 radical (unpaired) electrons. The number of anilines is 1. The van der Waals surface area contributed by atoms with E-state index in [2.05, 4.69) is 10.3 Å². The van der Waals surface area contributed by atoms with Crippen molar-refractivity contribution in [3.8, 4) is 0 Å². The normalized spacial score (nSPS) is 12.5. The molecule has 17 heavy (non-hydrogen) atoms. The molecule has 1 aromatic rings. The Kier molecular flexibility index (Phi) is 3.94. The molecule has 0 spiro atoms. The van der Waals surface area contributed by atoms with Crippen LogP contribution in [-0.2, 0) is 10.0 Å². The molecule has 1 rings (SSSR count). The summed E-state index contributed by atoms with van der Waals surface area (Å²) in [6.07, 6.45) is -3.27. The minimum atomic E-state index is -4.60. The maximum atomic E-state index is 11.9. The van der Waals surface area contributed by atoms with E-state index >= 15 is 0 Å². The number of rotatable bonds is 4. The number of aromatic nitrogens is 1. The maximum Gasteiger partial charge on any atom is 0.402 e. The zero-order valence-corrected chi connectivity index (χ0v) is 9.56. The van der Waals surface area contributed by atoms with Gasteiger partial charge in [-0.2, -0.15) is 13.2 Å². The van der Waals surface area contributed by atoms with Gasteiger partial charge < -0.3 is 5.32 Å². The van der Waals surface area contributed by atoms with Crippen LogP contribution in [0.1, 0.15) is 0 Å². The highest BCUT2D eigenvalue weighted by molar-refractivity contribution is 7.89. The highest BCUT2D eigenvalue weighted by Crippen LogP contribution is 2.19. The second-order valence-corrected chi connectivity index (χ2v) is 4.78. The lowest BCUT2D eigenvalue weighted by molar-refractivity contribution is -0.121. The minimum Gasteiger partial charge on any atom is -0.372 e. The second kappa shape index (κ2) is 4.88. The number of nitrogens with one attached hydrogen (secondary N) is 2. The summed E-state index contributed by atoms with van der Waals surface area (Å²) < 4.78 is 60.4. The molecule has 5 nitrogen and oxygen atoms in total. The third-order valence-corrected chi connectivity index (χ3v) is 3.19. The van der Waals surface area contributed by atoms with Gasteiger partial charge in [0, 0.05) is 13.2 Å². The van der Waals surface area contributed by atoms with Crippen molar-refractivity contribution in [2.75, 3.05) is 18.9 Å². The molecule has 9 heteroatoms. The van der Waals surface area contributed by atoms with Crippen LogP contribution in [0.2, 0.25) is 0 Å². The largest absolute Gasteiger partial charge is 0.402 e. The molecule has 2 N–H and O–H groups in total. The number of hydrogen-bond donors (Lipinski definition) is 2. The standard InChI is InChI=1S/C8H10F3N3O2S/c1-12-7-6(3-2-4-13-7)17(15,16)14-5-8(9,10)11/h2-4,14H,5H2,1H3,(H,12,13). The average molecular weight is 269 g/mol. The number of nitrogens with zero attached hydrogens (tertiary/aromatic N) is 1. The van der Waals surface area contributed by atoms with Gasteiger partial charge in [0.25, 0.3) is 0 Å². The predicted molar refractivity (Wildman–Crippen MR) is 55.0 cm³/mol. The van der Waals surface area contributed by atoms with Crippen molar-refractivity contribution in [3.63, 3.8) is 0 Å². The van der Waals surface area contributed by atoms with Crippen LogP contribution >= 0.6 is 0 Å². The molecule has 0 aromatic carbocycles. The van der Waals surface area contributed by atoms with E-state index in [0.717, 1.165) is 6.07 Å². The van der Waals surface area contributed by atoms with Gasteiger partial charge in [0.15, 0.2) is 0 Å². The van der Waals surface area contributed by atoms with Crippen LogP contribution in [0.3, 0.4) is 0 Å². The molecule has 0 saturated heterocycles. The highest BCUT2D eigenvalue weighted by atomic mass is 32.2. The quantitative estimate of drug-likeness (QED) is 0.854. The summed E-state index contributed by atoms with van der Waals surface area (Å²) in [5.74, 6) is -0.0119. The number of halogens is 3. The van der Waals surface area contributed by atoms with Crippen LogP contribution in [0.25, 0.3) is 0 Å². The average Bonchev–Trinajstić information content (AvgIpc) is 2.26. The van der Waals surface area contributed by atoms with E-state index in [1.54, 1.807) is 0 Å². The first kappa shape index (κ1) is 13.7. The second-order valence-electron chi connectivity index (χ2n) is 3.04. The van der Waals surface area contributed by atoms with Gasteiger partial charge >= 0.3 is 6.18 Å². The molecule has 1 aromatic heterocycles. The Morgan fingerprint density at radius 2 is 2.06 bits per heavy atom. The van der Waals surface area contributed by atoms with Gasteiger partial charge in [-0.25, -0.2) is 18.1 Å². The zero-order chi connectivity index (χ0) is 13.1. The first-order valence-electron chi connectivity index (χ1n) is 4.45. The first-order chi connectivity index (χ1) is 7.76. The Hall–Kier alpha value is -1.35. The van der Waals surface area contributed by atoms with Gasteiger partial charge in [-0.05, 0) is 12.1 Å². The van der Waals surface area contributed by atoms with E-state index in [1.807, 2.05) is 0 Å². The molecule has 0 saturated carbocycles. The van der Waals surface area contributed by atoms with Crippen molar-refractivity contribution in [2.24, 2.45) is 0 Å². The fourth-order valence-corrected chi connectivity index (χ4v) is 2.23. The van der Waals surface area contributed by atoms with Crippen LogP contribution < -0.4 is 10.0 Å². The number of pyridine rings is 1. The van der Waals surface area contributed by atoms with Crippen molar-refractivity contribution in [2.45, 2.75) is 11.1 Å². The van der Waals surface area contributed by atoms with Gasteiger partial charge in [0.05, 0.1) is 0 Å². The summed E-state index contributed by atoms with van der Waals surface area (Å²) in [5.41, 5.74) is 0. The SMILES string of the molecule is CNc1ncccc1S(=O)(=O)NCC(F)(F)F. The summed E-state index contributed by atoms with van der Waals surface area (Å²) in [6.45, 7) is -1.62. The van der Waals surface area contributed by atoms with E-state index in [0.29, 0.717) is 0 Å². The third-order valence-electron chi connectivity index (χ3n) is 1.76. The smallest absolute Gasteiger partial charge is 0.372 e. The van der Waals surface area contributed by atoms with Crippen LogP contribution in [0.4, 0.5) is 19.0 Å². The zero-order valence-electron chi connectivity index (χ0n) is 8.75. The summed E-state index contributed by atoms with van der Waals surface area (Å²) >= 11 is 0. The molecule has 0 fully saturated rings. The maximum absolute atomic E-state index is 11.9. The number of hydrogen-bond acceptors (Lipinski definition) is 4. The molecule has 0 aliphatic heterocycles. The molecular formula is C8H10F3N3O2S. The third kappa shape index (κ3) is 3.86. The Morgan fingerprint density at radius 3 is 2.59 bits per heavy atom. The van der Waals surface area contributed by atoms with Gasteiger partial charge in [0.1, 0.15) is 17.3 Å². The minimum absolute atomic E-state index is 0.0119.